The Morgan fingerprint density at radius 2 is 2.04 bits per heavy atom. The highest BCUT2D eigenvalue weighted by Crippen LogP contribution is 2.55. The van der Waals surface area contributed by atoms with Crippen LogP contribution in [0.2, 0.25) is 0 Å². The molecule has 0 spiro atoms. The highest BCUT2D eigenvalue weighted by molar-refractivity contribution is 5.58. The molecular formula is C21H30O2. The molecule has 2 nitrogen and oxygen atoms in total. The fourth-order valence-corrected chi connectivity index (χ4v) is 5.40. The molecular weight excluding hydrogens is 284 g/mol. The van der Waals surface area contributed by atoms with Gasteiger partial charge in [0.05, 0.1) is 13.2 Å². The standard InChI is InChI=1S/C21H30O2/c1-3-22-19-14-18-16(9-5-7-13-23-18)17-11-10-15-8-4-6-12-21(15,2)20(17)19/h14-15H,3-13H2,1-2H3/t15-,21+/m0/s1. The number of benzene rings is 1. The Bertz CT molecular complexity index is 592. The fourth-order valence-electron chi connectivity index (χ4n) is 5.40. The second-order valence-corrected chi connectivity index (χ2v) is 7.84. The van der Waals surface area contributed by atoms with Crippen LogP contribution >= 0.6 is 0 Å². The van der Waals surface area contributed by atoms with Crippen LogP contribution in [0.25, 0.3) is 0 Å². The maximum Gasteiger partial charge on any atom is 0.127 e. The molecule has 0 aromatic heterocycles. The first-order valence-electron chi connectivity index (χ1n) is 9.69. The topological polar surface area (TPSA) is 18.5 Å². The summed E-state index contributed by atoms with van der Waals surface area (Å²) in [6, 6.07) is 2.23. The van der Waals surface area contributed by atoms with Crippen LogP contribution in [0.15, 0.2) is 6.07 Å². The van der Waals surface area contributed by atoms with Crippen LogP contribution in [0.4, 0.5) is 0 Å². The van der Waals surface area contributed by atoms with Gasteiger partial charge in [-0.15, -0.1) is 0 Å². The Morgan fingerprint density at radius 1 is 1.13 bits per heavy atom. The second kappa shape index (κ2) is 6.03. The summed E-state index contributed by atoms with van der Waals surface area (Å²) in [6.45, 7) is 6.22. The van der Waals surface area contributed by atoms with Crippen molar-refractivity contribution >= 4 is 0 Å². The van der Waals surface area contributed by atoms with Crippen LogP contribution in [0.1, 0.15) is 75.5 Å². The minimum Gasteiger partial charge on any atom is -0.493 e. The van der Waals surface area contributed by atoms with Gasteiger partial charge in [-0.2, -0.15) is 0 Å². The van der Waals surface area contributed by atoms with Crippen molar-refractivity contribution in [1.82, 2.24) is 0 Å². The van der Waals surface area contributed by atoms with E-state index in [1.807, 2.05) is 0 Å². The van der Waals surface area contributed by atoms with Crippen LogP contribution < -0.4 is 9.47 Å². The molecule has 1 aliphatic heterocycles. The number of fused-ring (bicyclic) bond motifs is 5. The van der Waals surface area contributed by atoms with E-state index in [-0.39, 0.29) is 0 Å². The zero-order valence-electron chi connectivity index (χ0n) is 14.7. The first-order valence-corrected chi connectivity index (χ1v) is 9.69. The van der Waals surface area contributed by atoms with Gasteiger partial charge in [-0.05, 0) is 74.3 Å². The Kier molecular flexibility index (Phi) is 4.03. The van der Waals surface area contributed by atoms with Gasteiger partial charge < -0.3 is 9.47 Å². The van der Waals surface area contributed by atoms with Gasteiger partial charge in [0.2, 0.25) is 0 Å². The average molecular weight is 314 g/mol. The molecule has 0 N–H and O–H groups in total. The normalized spacial score (nSPS) is 29.6. The molecule has 1 heterocycles. The maximum atomic E-state index is 6.15. The summed E-state index contributed by atoms with van der Waals surface area (Å²) in [6.07, 6.45) is 11.7. The molecule has 1 fully saturated rings. The highest BCUT2D eigenvalue weighted by Gasteiger charge is 2.45. The van der Waals surface area contributed by atoms with Gasteiger partial charge >= 0.3 is 0 Å². The second-order valence-electron chi connectivity index (χ2n) is 7.84. The largest absolute Gasteiger partial charge is 0.493 e. The van der Waals surface area contributed by atoms with Gasteiger partial charge in [-0.1, -0.05) is 19.8 Å². The molecule has 0 radical (unpaired) electrons. The molecule has 2 aliphatic carbocycles. The molecule has 2 atom stereocenters. The van der Waals surface area contributed by atoms with Crippen molar-refractivity contribution in [2.75, 3.05) is 13.2 Å². The van der Waals surface area contributed by atoms with Crippen LogP contribution in [-0.2, 0) is 18.3 Å². The van der Waals surface area contributed by atoms with Gasteiger partial charge in [0.15, 0.2) is 0 Å². The van der Waals surface area contributed by atoms with Crippen molar-refractivity contribution in [3.05, 3.63) is 22.8 Å². The Morgan fingerprint density at radius 3 is 2.91 bits per heavy atom. The summed E-state index contributed by atoms with van der Waals surface area (Å²) >= 11 is 0. The van der Waals surface area contributed by atoms with Crippen LogP contribution in [0.5, 0.6) is 11.5 Å². The van der Waals surface area contributed by atoms with Crippen LogP contribution in [0.3, 0.4) is 0 Å². The third kappa shape index (κ3) is 2.45. The maximum absolute atomic E-state index is 6.15. The van der Waals surface area contributed by atoms with E-state index in [0.29, 0.717) is 5.41 Å². The first kappa shape index (κ1) is 15.4. The van der Waals surface area contributed by atoms with E-state index in [9.17, 15) is 0 Å². The minimum atomic E-state index is 0.317. The van der Waals surface area contributed by atoms with Crippen molar-refractivity contribution in [2.24, 2.45) is 5.92 Å². The van der Waals surface area contributed by atoms with Gasteiger partial charge in [0.25, 0.3) is 0 Å². The molecule has 2 heteroatoms. The van der Waals surface area contributed by atoms with Crippen molar-refractivity contribution in [2.45, 2.75) is 77.0 Å². The molecule has 0 amide bonds. The monoisotopic (exact) mass is 314 g/mol. The lowest BCUT2D eigenvalue weighted by atomic mass is 9.57. The summed E-state index contributed by atoms with van der Waals surface area (Å²) in [5, 5.41) is 0. The Hall–Kier alpha value is -1.18. The molecule has 23 heavy (non-hydrogen) atoms. The predicted molar refractivity (Wildman–Crippen MR) is 93.7 cm³/mol. The lowest BCUT2D eigenvalue weighted by Crippen LogP contribution is -2.40. The van der Waals surface area contributed by atoms with Gasteiger partial charge in [-0.3, -0.25) is 0 Å². The summed E-state index contributed by atoms with van der Waals surface area (Å²) in [5.74, 6) is 3.08. The lowest BCUT2D eigenvalue weighted by molar-refractivity contribution is 0.170. The molecule has 0 unspecified atom stereocenters. The van der Waals surface area contributed by atoms with E-state index in [1.165, 1.54) is 63.4 Å². The van der Waals surface area contributed by atoms with Crippen molar-refractivity contribution in [3.63, 3.8) is 0 Å². The summed E-state index contributed by atoms with van der Waals surface area (Å²) < 4.78 is 12.2. The number of hydrogen-bond acceptors (Lipinski definition) is 2. The molecule has 4 rings (SSSR count). The van der Waals surface area contributed by atoms with E-state index in [2.05, 4.69) is 19.9 Å². The van der Waals surface area contributed by atoms with Crippen molar-refractivity contribution in [1.29, 1.82) is 0 Å². The average Bonchev–Trinajstić information content (AvgIpc) is 2.79. The summed E-state index contributed by atoms with van der Waals surface area (Å²) in [5.41, 5.74) is 4.97. The van der Waals surface area contributed by atoms with Crippen molar-refractivity contribution < 1.29 is 9.47 Å². The van der Waals surface area contributed by atoms with Gasteiger partial charge in [-0.25, -0.2) is 0 Å². The third-order valence-corrected chi connectivity index (χ3v) is 6.56. The lowest BCUT2D eigenvalue weighted by Gasteiger charge is -2.47. The third-order valence-electron chi connectivity index (χ3n) is 6.56. The van der Waals surface area contributed by atoms with Crippen LogP contribution in [-0.4, -0.2) is 13.2 Å². The fraction of sp³-hybridized carbons (Fsp3) is 0.714. The Balaban J connectivity index is 1.90. The van der Waals surface area contributed by atoms with Gasteiger partial charge in [0, 0.05) is 11.6 Å². The predicted octanol–water partition coefficient (Wildman–Crippen LogP) is 5.19. The zero-order chi connectivity index (χ0) is 15.9. The molecule has 1 aromatic carbocycles. The molecule has 1 aromatic rings. The van der Waals surface area contributed by atoms with E-state index >= 15 is 0 Å². The SMILES string of the molecule is CCOc1cc2c(c3c1[C@]1(C)CCCC[C@H]1CC3)CCCCO2. The van der Waals surface area contributed by atoms with E-state index < -0.39 is 0 Å². The molecule has 3 aliphatic rings. The minimum absolute atomic E-state index is 0.317. The number of rotatable bonds is 2. The quantitative estimate of drug-likeness (QED) is 0.747. The number of hydrogen-bond donors (Lipinski definition) is 0. The smallest absolute Gasteiger partial charge is 0.127 e. The highest BCUT2D eigenvalue weighted by atomic mass is 16.5. The molecule has 0 bridgehead atoms. The van der Waals surface area contributed by atoms with Crippen molar-refractivity contribution in [3.8, 4) is 11.5 Å². The zero-order valence-corrected chi connectivity index (χ0v) is 14.7. The van der Waals surface area contributed by atoms with E-state index in [1.54, 1.807) is 11.1 Å². The summed E-state index contributed by atoms with van der Waals surface area (Å²) in [4.78, 5) is 0. The van der Waals surface area contributed by atoms with Gasteiger partial charge in [0.1, 0.15) is 11.5 Å². The molecule has 126 valence electrons. The van der Waals surface area contributed by atoms with E-state index in [4.69, 9.17) is 9.47 Å². The number of ether oxygens (including phenoxy) is 2. The first-order chi connectivity index (χ1) is 11.2. The van der Waals surface area contributed by atoms with E-state index in [0.717, 1.165) is 30.6 Å². The summed E-state index contributed by atoms with van der Waals surface area (Å²) in [7, 11) is 0. The molecule has 0 saturated heterocycles. The Labute approximate surface area is 140 Å². The van der Waals surface area contributed by atoms with Crippen LogP contribution in [0, 0.1) is 5.92 Å². The molecule has 1 saturated carbocycles.